The summed E-state index contributed by atoms with van der Waals surface area (Å²) in [5.74, 6) is 0. The molecular formula is C14H19ClN4O5S. The number of nitrogens with one attached hydrogen (secondary N) is 2. The zero-order valence-electron chi connectivity index (χ0n) is 13.5. The third kappa shape index (κ3) is 5.31. The van der Waals surface area contributed by atoms with E-state index in [4.69, 9.17) is 4.74 Å². The van der Waals surface area contributed by atoms with Gasteiger partial charge in [0.2, 0.25) is 10.0 Å². The molecule has 0 amide bonds. The maximum absolute atomic E-state index is 12.4. The smallest absolute Gasteiger partial charge is 0.278 e. The predicted molar refractivity (Wildman–Crippen MR) is 95.6 cm³/mol. The average Bonchev–Trinajstić information content (AvgIpc) is 2.56. The summed E-state index contributed by atoms with van der Waals surface area (Å²) in [5, 5.41) is 14.3. The van der Waals surface area contributed by atoms with Gasteiger partial charge in [0.25, 0.3) is 5.69 Å². The lowest BCUT2D eigenvalue weighted by Crippen LogP contribution is -2.33. The zero-order chi connectivity index (χ0) is 17.6. The van der Waals surface area contributed by atoms with Crippen LogP contribution in [0.1, 0.15) is 0 Å². The summed E-state index contributed by atoms with van der Waals surface area (Å²) in [6.45, 7) is 1.75. The van der Waals surface area contributed by atoms with Gasteiger partial charge in [-0.2, -0.15) is 0 Å². The number of hydrogen-bond acceptors (Lipinski definition) is 7. The van der Waals surface area contributed by atoms with E-state index in [-0.39, 0.29) is 40.4 Å². The van der Waals surface area contributed by atoms with Crippen LogP contribution >= 0.6 is 12.4 Å². The third-order valence-corrected chi connectivity index (χ3v) is 4.77. The van der Waals surface area contributed by atoms with Gasteiger partial charge in [-0.1, -0.05) is 0 Å². The van der Waals surface area contributed by atoms with E-state index in [0.29, 0.717) is 19.7 Å². The van der Waals surface area contributed by atoms with E-state index in [1.807, 2.05) is 0 Å². The Morgan fingerprint density at radius 3 is 2.68 bits per heavy atom. The van der Waals surface area contributed by atoms with Crippen LogP contribution in [0.2, 0.25) is 0 Å². The molecule has 11 heteroatoms. The van der Waals surface area contributed by atoms with Crippen LogP contribution in [0.3, 0.4) is 0 Å². The number of sulfonamides is 1. The molecule has 1 heterocycles. The van der Waals surface area contributed by atoms with Gasteiger partial charge in [-0.25, -0.2) is 13.1 Å². The van der Waals surface area contributed by atoms with E-state index >= 15 is 0 Å². The second-order valence-electron chi connectivity index (χ2n) is 4.88. The number of nitrogens with zero attached hydrogens (tertiary/aromatic N) is 2. The number of fused-ring (bicyclic) bond motifs is 1. The second-order valence-corrected chi connectivity index (χ2v) is 6.62. The largest absolute Gasteiger partial charge is 0.383 e. The lowest BCUT2D eigenvalue weighted by atomic mass is 10.2. The number of pyridine rings is 1. The second kappa shape index (κ2) is 9.59. The highest BCUT2D eigenvalue weighted by Crippen LogP contribution is 2.28. The van der Waals surface area contributed by atoms with E-state index in [1.165, 1.54) is 30.5 Å². The molecule has 0 atom stereocenters. The summed E-state index contributed by atoms with van der Waals surface area (Å²) in [5.41, 5.74) is -0.107. The Kier molecular flexibility index (Phi) is 8.13. The number of methoxy groups -OCH3 is 1. The van der Waals surface area contributed by atoms with E-state index < -0.39 is 14.9 Å². The van der Waals surface area contributed by atoms with Gasteiger partial charge in [0.05, 0.1) is 22.4 Å². The van der Waals surface area contributed by atoms with Crippen LogP contribution in [0.4, 0.5) is 5.69 Å². The van der Waals surface area contributed by atoms with E-state index in [1.54, 1.807) is 7.11 Å². The first kappa shape index (κ1) is 21.2. The molecule has 0 aliphatic carbocycles. The molecule has 1 aromatic heterocycles. The van der Waals surface area contributed by atoms with Gasteiger partial charge in [-0.15, -0.1) is 12.4 Å². The van der Waals surface area contributed by atoms with Crippen molar-refractivity contribution in [3.8, 4) is 0 Å². The molecule has 25 heavy (non-hydrogen) atoms. The fourth-order valence-corrected chi connectivity index (χ4v) is 3.35. The Labute approximate surface area is 151 Å². The molecule has 0 radical (unpaired) electrons. The van der Waals surface area contributed by atoms with Crippen molar-refractivity contribution in [3.05, 3.63) is 40.6 Å². The lowest BCUT2D eigenvalue weighted by Gasteiger charge is -2.10. The van der Waals surface area contributed by atoms with Crippen LogP contribution in [0, 0.1) is 10.1 Å². The van der Waals surface area contributed by atoms with Crippen molar-refractivity contribution in [1.82, 2.24) is 15.0 Å². The Balaban J connectivity index is 0.00000312. The molecule has 0 fully saturated rings. The van der Waals surface area contributed by atoms with Crippen molar-refractivity contribution in [2.75, 3.05) is 33.4 Å². The number of hydrogen-bond donors (Lipinski definition) is 2. The van der Waals surface area contributed by atoms with Crippen molar-refractivity contribution in [2.24, 2.45) is 0 Å². The molecule has 0 saturated heterocycles. The number of nitro benzene ring substituents is 1. The minimum absolute atomic E-state index is 0. The number of halogens is 1. The number of benzene rings is 1. The SMILES string of the molecule is COCCNCCNS(=O)(=O)c1ccc([N+](=O)[O-])c2cccnc12.Cl. The quantitative estimate of drug-likeness (QED) is 0.373. The van der Waals surface area contributed by atoms with Gasteiger partial charge in [0, 0.05) is 39.0 Å². The summed E-state index contributed by atoms with van der Waals surface area (Å²) < 4.78 is 32.2. The lowest BCUT2D eigenvalue weighted by molar-refractivity contribution is -0.383. The Bertz CT molecular complexity index is 831. The van der Waals surface area contributed by atoms with Crippen molar-refractivity contribution in [2.45, 2.75) is 4.90 Å². The fraction of sp³-hybridized carbons (Fsp3) is 0.357. The van der Waals surface area contributed by atoms with Crippen LogP contribution in [0.25, 0.3) is 10.9 Å². The number of nitro groups is 1. The van der Waals surface area contributed by atoms with Crippen LogP contribution in [-0.4, -0.2) is 51.7 Å². The van der Waals surface area contributed by atoms with Gasteiger partial charge in [0.1, 0.15) is 4.90 Å². The summed E-state index contributed by atoms with van der Waals surface area (Å²) in [4.78, 5) is 14.4. The molecular weight excluding hydrogens is 372 g/mol. The normalized spacial score (nSPS) is 11.2. The molecule has 0 bridgehead atoms. The number of non-ortho nitro benzene ring substituents is 1. The third-order valence-electron chi connectivity index (χ3n) is 3.27. The highest BCUT2D eigenvalue weighted by molar-refractivity contribution is 7.89. The van der Waals surface area contributed by atoms with E-state index in [0.717, 1.165) is 0 Å². The standard InChI is InChI=1S/C14H18N4O5S.ClH/c1-23-10-9-15-7-8-17-24(21,22)13-5-4-12(18(19)20)11-3-2-6-16-14(11)13;/h2-6,15,17H,7-10H2,1H3;1H. The van der Waals surface area contributed by atoms with Crippen LogP contribution < -0.4 is 10.0 Å². The number of rotatable bonds is 9. The first-order valence-electron chi connectivity index (χ1n) is 7.19. The van der Waals surface area contributed by atoms with Crippen molar-refractivity contribution < 1.29 is 18.1 Å². The first-order chi connectivity index (χ1) is 11.5. The molecule has 0 aliphatic rings. The van der Waals surface area contributed by atoms with Gasteiger partial charge in [-0.3, -0.25) is 15.1 Å². The van der Waals surface area contributed by atoms with E-state index in [2.05, 4.69) is 15.0 Å². The minimum atomic E-state index is -3.83. The molecule has 0 aliphatic heterocycles. The van der Waals surface area contributed by atoms with Crippen molar-refractivity contribution in [1.29, 1.82) is 0 Å². The van der Waals surface area contributed by atoms with Crippen molar-refractivity contribution in [3.63, 3.8) is 0 Å². The number of aromatic nitrogens is 1. The van der Waals surface area contributed by atoms with Crippen molar-refractivity contribution >= 4 is 39.0 Å². The molecule has 0 unspecified atom stereocenters. The average molecular weight is 391 g/mol. The highest BCUT2D eigenvalue weighted by Gasteiger charge is 2.22. The van der Waals surface area contributed by atoms with Crippen LogP contribution in [0.15, 0.2) is 35.4 Å². The Morgan fingerprint density at radius 2 is 2.00 bits per heavy atom. The van der Waals surface area contributed by atoms with Gasteiger partial charge in [-0.05, 0) is 18.2 Å². The maximum Gasteiger partial charge on any atom is 0.278 e. The molecule has 2 N–H and O–H groups in total. The summed E-state index contributed by atoms with van der Waals surface area (Å²) >= 11 is 0. The van der Waals surface area contributed by atoms with Crippen LogP contribution in [0.5, 0.6) is 0 Å². The monoisotopic (exact) mass is 390 g/mol. The van der Waals surface area contributed by atoms with Gasteiger partial charge >= 0.3 is 0 Å². The number of ether oxygens (including phenoxy) is 1. The Morgan fingerprint density at radius 1 is 1.24 bits per heavy atom. The summed E-state index contributed by atoms with van der Waals surface area (Å²) in [7, 11) is -2.25. The van der Waals surface area contributed by atoms with Crippen LogP contribution in [-0.2, 0) is 14.8 Å². The molecule has 2 aromatic rings. The van der Waals surface area contributed by atoms with Gasteiger partial charge < -0.3 is 10.1 Å². The molecule has 138 valence electrons. The predicted octanol–water partition coefficient (Wildman–Crippen LogP) is 1.08. The fourth-order valence-electron chi connectivity index (χ4n) is 2.16. The summed E-state index contributed by atoms with van der Waals surface area (Å²) in [6.07, 6.45) is 1.40. The molecule has 0 saturated carbocycles. The molecule has 2 rings (SSSR count). The van der Waals surface area contributed by atoms with E-state index in [9.17, 15) is 18.5 Å². The first-order valence-corrected chi connectivity index (χ1v) is 8.67. The van der Waals surface area contributed by atoms with Gasteiger partial charge in [0.15, 0.2) is 0 Å². The molecule has 0 spiro atoms. The topological polar surface area (TPSA) is 123 Å². The molecule has 9 nitrogen and oxygen atoms in total. The zero-order valence-corrected chi connectivity index (χ0v) is 15.1. The minimum Gasteiger partial charge on any atom is -0.383 e. The Hall–Kier alpha value is -1.85. The highest BCUT2D eigenvalue weighted by atomic mass is 35.5. The maximum atomic E-state index is 12.4. The summed E-state index contributed by atoms with van der Waals surface area (Å²) in [6, 6.07) is 5.38. The molecule has 1 aromatic carbocycles.